The molecule has 0 bridgehead atoms. The van der Waals surface area contributed by atoms with Crippen LogP contribution < -0.4 is 14.8 Å². The van der Waals surface area contributed by atoms with Gasteiger partial charge in [-0.3, -0.25) is 0 Å². The Hall–Kier alpha value is -2.85. The summed E-state index contributed by atoms with van der Waals surface area (Å²) in [6.07, 6.45) is 0. The van der Waals surface area contributed by atoms with E-state index in [0.717, 1.165) is 17.7 Å². The molecule has 0 spiro atoms. The zero-order valence-corrected chi connectivity index (χ0v) is 15.6. The maximum absolute atomic E-state index is 13.0. The average molecular weight is 365 g/mol. The van der Waals surface area contributed by atoms with Gasteiger partial charge in [0.05, 0.1) is 7.11 Å². The highest BCUT2D eigenvalue weighted by Crippen LogP contribution is 2.29. The molecule has 140 valence electrons. The van der Waals surface area contributed by atoms with E-state index in [4.69, 9.17) is 9.47 Å². The molecule has 3 rings (SSSR count). The second-order valence-corrected chi connectivity index (χ2v) is 6.41. The number of halogens is 1. The number of benzene rings is 3. The van der Waals surface area contributed by atoms with Gasteiger partial charge in [0.25, 0.3) is 0 Å². The van der Waals surface area contributed by atoms with Crippen molar-refractivity contribution in [3.63, 3.8) is 0 Å². The van der Waals surface area contributed by atoms with Crippen LogP contribution in [0.15, 0.2) is 72.8 Å². The molecule has 4 heteroatoms. The molecule has 0 unspecified atom stereocenters. The fraction of sp³-hybridized carbons (Fsp3) is 0.217. The van der Waals surface area contributed by atoms with Gasteiger partial charge < -0.3 is 14.8 Å². The number of hydrogen-bond donors (Lipinski definition) is 1. The van der Waals surface area contributed by atoms with E-state index < -0.39 is 0 Å². The van der Waals surface area contributed by atoms with E-state index in [2.05, 4.69) is 24.4 Å². The first-order valence-electron chi connectivity index (χ1n) is 8.98. The lowest BCUT2D eigenvalue weighted by Gasteiger charge is -2.16. The summed E-state index contributed by atoms with van der Waals surface area (Å²) in [5.41, 5.74) is 3.27. The van der Waals surface area contributed by atoms with Crippen molar-refractivity contribution in [1.29, 1.82) is 0 Å². The van der Waals surface area contributed by atoms with Gasteiger partial charge in [0.1, 0.15) is 12.4 Å². The molecular weight excluding hydrogens is 341 g/mol. The molecule has 0 aromatic heterocycles. The number of methoxy groups -OCH3 is 1. The Balaban J connectivity index is 1.60. The fourth-order valence-electron chi connectivity index (χ4n) is 2.81. The summed E-state index contributed by atoms with van der Waals surface area (Å²) in [6, 6.07) is 22.8. The van der Waals surface area contributed by atoms with E-state index in [-0.39, 0.29) is 11.9 Å². The number of hydrogen-bond acceptors (Lipinski definition) is 3. The van der Waals surface area contributed by atoms with Crippen molar-refractivity contribution in [3.05, 3.63) is 95.3 Å². The molecular formula is C23H24FNO2. The lowest BCUT2D eigenvalue weighted by atomic mass is 10.1. The summed E-state index contributed by atoms with van der Waals surface area (Å²) >= 11 is 0. The lowest BCUT2D eigenvalue weighted by Crippen LogP contribution is -2.18. The van der Waals surface area contributed by atoms with Gasteiger partial charge in [0.2, 0.25) is 0 Å². The Morgan fingerprint density at radius 1 is 0.889 bits per heavy atom. The molecule has 0 saturated heterocycles. The number of ether oxygens (including phenoxy) is 2. The molecule has 0 saturated carbocycles. The Bertz CT molecular complexity index is 850. The predicted molar refractivity (Wildman–Crippen MR) is 105 cm³/mol. The van der Waals surface area contributed by atoms with Crippen LogP contribution in [0, 0.1) is 5.82 Å². The van der Waals surface area contributed by atoms with E-state index in [1.807, 2.05) is 36.4 Å². The van der Waals surface area contributed by atoms with Crippen LogP contribution in [0.4, 0.5) is 4.39 Å². The quantitative estimate of drug-likeness (QED) is 0.590. The van der Waals surface area contributed by atoms with E-state index in [9.17, 15) is 4.39 Å². The van der Waals surface area contributed by atoms with Crippen molar-refractivity contribution in [1.82, 2.24) is 5.32 Å². The Kier molecular flexibility index (Phi) is 6.44. The molecule has 1 N–H and O–H groups in total. The maximum Gasteiger partial charge on any atom is 0.161 e. The Labute approximate surface area is 159 Å². The van der Waals surface area contributed by atoms with E-state index in [1.165, 1.54) is 17.7 Å². The molecule has 27 heavy (non-hydrogen) atoms. The maximum atomic E-state index is 13.0. The van der Waals surface area contributed by atoms with Crippen LogP contribution in [0.25, 0.3) is 0 Å². The summed E-state index contributed by atoms with van der Waals surface area (Å²) in [6.45, 7) is 3.23. The van der Waals surface area contributed by atoms with Crippen LogP contribution in [0.3, 0.4) is 0 Å². The van der Waals surface area contributed by atoms with Gasteiger partial charge in [-0.05, 0) is 47.9 Å². The van der Waals surface area contributed by atoms with Gasteiger partial charge in [0, 0.05) is 12.6 Å². The highest BCUT2D eigenvalue weighted by molar-refractivity contribution is 5.43. The zero-order chi connectivity index (χ0) is 19.1. The van der Waals surface area contributed by atoms with Crippen molar-refractivity contribution in [2.75, 3.05) is 7.11 Å². The highest BCUT2D eigenvalue weighted by atomic mass is 19.1. The van der Waals surface area contributed by atoms with Crippen LogP contribution in [0.1, 0.15) is 29.7 Å². The van der Waals surface area contributed by atoms with Crippen molar-refractivity contribution >= 4 is 0 Å². The molecule has 0 aliphatic heterocycles. The fourth-order valence-corrected chi connectivity index (χ4v) is 2.81. The minimum atomic E-state index is -0.252. The van der Waals surface area contributed by atoms with Gasteiger partial charge in [-0.25, -0.2) is 4.39 Å². The third kappa shape index (κ3) is 5.31. The second kappa shape index (κ2) is 9.19. The third-order valence-electron chi connectivity index (χ3n) is 4.45. The third-order valence-corrected chi connectivity index (χ3v) is 4.45. The monoisotopic (exact) mass is 365 g/mol. The Morgan fingerprint density at radius 2 is 1.59 bits per heavy atom. The van der Waals surface area contributed by atoms with E-state index >= 15 is 0 Å². The molecule has 0 heterocycles. The summed E-state index contributed by atoms with van der Waals surface area (Å²) in [5.74, 6) is 1.10. The van der Waals surface area contributed by atoms with Crippen LogP contribution >= 0.6 is 0 Å². The molecule has 3 aromatic carbocycles. The smallest absolute Gasteiger partial charge is 0.161 e. The SMILES string of the molecule is COc1cc(CN[C@H](C)c2ccccc2)ccc1OCc1ccc(F)cc1. The standard InChI is InChI=1S/C23H24FNO2/c1-17(20-6-4-3-5-7-20)25-15-19-10-13-22(23(14-19)26-2)27-16-18-8-11-21(24)12-9-18/h3-14,17,25H,15-16H2,1-2H3/t17-/m1/s1. The summed E-state index contributed by atoms with van der Waals surface area (Å²) in [4.78, 5) is 0. The molecule has 3 aromatic rings. The van der Waals surface area contributed by atoms with Crippen LogP contribution in [-0.2, 0) is 13.2 Å². The van der Waals surface area contributed by atoms with Crippen molar-refractivity contribution < 1.29 is 13.9 Å². The average Bonchev–Trinajstić information content (AvgIpc) is 2.72. The summed E-state index contributed by atoms with van der Waals surface area (Å²) in [7, 11) is 1.63. The minimum absolute atomic E-state index is 0.252. The Morgan fingerprint density at radius 3 is 2.30 bits per heavy atom. The first-order valence-corrected chi connectivity index (χ1v) is 8.98. The molecule has 3 nitrogen and oxygen atoms in total. The highest BCUT2D eigenvalue weighted by Gasteiger charge is 2.08. The van der Waals surface area contributed by atoms with Gasteiger partial charge in [-0.1, -0.05) is 48.5 Å². The van der Waals surface area contributed by atoms with Crippen molar-refractivity contribution in [2.45, 2.75) is 26.1 Å². The number of rotatable bonds is 8. The van der Waals surface area contributed by atoms with Gasteiger partial charge in [-0.15, -0.1) is 0 Å². The first-order chi connectivity index (χ1) is 13.2. The van der Waals surface area contributed by atoms with E-state index in [0.29, 0.717) is 18.1 Å². The minimum Gasteiger partial charge on any atom is -0.493 e. The zero-order valence-electron chi connectivity index (χ0n) is 15.6. The summed E-state index contributed by atoms with van der Waals surface area (Å²) < 4.78 is 24.3. The van der Waals surface area contributed by atoms with E-state index in [1.54, 1.807) is 19.2 Å². The van der Waals surface area contributed by atoms with Crippen LogP contribution in [0.2, 0.25) is 0 Å². The lowest BCUT2D eigenvalue weighted by molar-refractivity contribution is 0.284. The number of nitrogens with one attached hydrogen (secondary N) is 1. The molecule has 0 radical (unpaired) electrons. The second-order valence-electron chi connectivity index (χ2n) is 6.41. The van der Waals surface area contributed by atoms with Crippen LogP contribution in [0.5, 0.6) is 11.5 Å². The molecule has 1 atom stereocenters. The topological polar surface area (TPSA) is 30.5 Å². The largest absolute Gasteiger partial charge is 0.493 e. The molecule has 0 fully saturated rings. The van der Waals surface area contributed by atoms with Crippen LogP contribution in [-0.4, -0.2) is 7.11 Å². The predicted octanol–water partition coefficient (Wildman–Crippen LogP) is 5.26. The van der Waals surface area contributed by atoms with Crippen molar-refractivity contribution in [2.24, 2.45) is 0 Å². The van der Waals surface area contributed by atoms with Gasteiger partial charge >= 0.3 is 0 Å². The molecule has 0 aliphatic carbocycles. The summed E-state index contributed by atoms with van der Waals surface area (Å²) in [5, 5.41) is 3.52. The van der Waals surface area contributed by atoms with Gasteiger partial charge in [0.15, 0.2) is 11.5 Å². The van der Waals surface area contributed by atoms with Gasteiger partial charge in [-0.2, -0.15) is 0 Å². The van der Waals surface area contributed by atoms with Crippen molar-refractivity contribution in [3.8, 4) is 11.5 Å². The molecule has 0 aliphatic rings. The molecule has 0 amide bonds. The first kappa shape index (κ1) is 18.9. The normalized spacial score (nSPS) is 11.8.